The van der Waals surface area contributed by atoms with E-state index in [0.717, 1.165) is 24.3 Å². The molecule has 0 atom stereocenters. The lowest BCUT2D eigenvalue weighted by molar-refractivity contribution is -0.0505. The molecule has 3 aromatic carbocycles. The Labute approximate surface area is 192 Å². The Hall–Kier alpha value is -3.53. The smallest absolute Gasteiger partial charge is 0.423 e. The first-order chi connectivity index (χ1) is 16.0. The first-order valence-corrected chi connectivity index (χ1v) is 11.7. The van der Waals surface area contributed by atoms with Crippen LogP contribution in [0.2, 0.25) is 0 Å². The lowest BCUT2D eigenvalue weighted by Gasteiger charge is -2.18. The quantitative estimate of drug-likeness (QED) is 0.146. The molecule has 0 unspecified atom stereocenters. The van der Waals surface area contributed by atoms with Crippen molar-refractivity contribution in [2.75, 3.05) is 0 Å². The summed E-state index contributed by atoms with van der Waals surface area (Å²) in [6, 6.07) is 11.0. The lowest BCUT2D eigenvalue weighted by Crippen LogP contribution is -2.29. The number of fused-ring (bicyclic) bond motifs is 1. The highest BCUT2D eigenvalue weighted by atomic mass is 32.2. The number of esters is 1. The maximum absolute atomic E-state index is 13.0. The van der Waals surface area contributed by atoms with Crippen LogP contribution >= 0.6 is 0 Å². The number of benzene rings is 3. The van der Waals surface area contributed by atoms with Gasteiger partial charge in [0, 0.05) is 16.8 Å². The summed E-state index contributed by atoms with van der Waals surface area (Å²) in [5.74, 6) is -4.23. The van der Waals surface area contributed by atoms with E-state index < -0.39 is 65.1 Å². The number of ether oxygens (including phenoxy) is 1. The van der Waals surface area contributed by atoms with E-state index in [0.29, 0.717) is 0 Å². The summed E-state index contributed by atoms with van der Waals surface area (Å²) in [5.41, 5.74) is -13.0. The van der Waals surface area contributed by atoms with Crippen LogP contribution in [-0.4, -0.2) is 33.8 Å². The van der Waals surface area contributed by atoms with E-state index in [-0.39, 0.29) is 11.8 Å². The molecule has 0 aliphatic heterocycles. The summed E-state index contributed by atoms with van der Waals surface area (Å²) < 4.78 is 137. The summed E-state index contributed by atoms with van der Waals surface area (Å²) in [6.07, 6.45) is 0. The van der Waals surface area contributed by atoms with E-state index in [4.69, 9.17) is 4.74 Å². The number of hydrogen-bond acceptors (Lipinski definition) is 8. The number of carbonyl (C=O) groups is 1. The van der Waals surface area contributed by atoms with Crippen molar-refractivity contribution in [1.29, 1.82) is 0 Å². The number of hydrogen-bond donors (Lipinski definition) is 0. The van der Waals surface area contributed by atoms with E-state index in [9.17, 15) is 48.0 Å². The van der Waals surface area contributed by atoms with Gasteiger partial charge in [0.2, 0.25) is 0 Å². The van der Waals surface area contributed by atoms with Crippen molar-refractivity contribution in [3.8, 4) is 17.2 Å². The SMILES string of the molecule is O=C(Oc1ccccc1)c1cc(OS(=O)(=O)C(F)(F)F)c2ccccc2c1OS(=O)(=O)C(F)(F)F. The minimum atomic E-state index is -6.39. The average Bonchev–Trinajstić information content (AvgIpc) is 2.74. The maximum Gasteiger partial charge on any atom is 0.534 e. The molecular formula is C19H10F6O8S2. The van der Waals surface area contributed by atoms with Crippen LogP contribution in [0.15, 0.2) is 60.7 Å². The van der Waals surface area contributed by atoms with Crippen molar-refractivity contribution in [3.63, 3.8) is 0 Å². The van der Waals surface area contributed by atoms with E-state index in [1.165, 1.54) is 30.3 Å². The van der Waals surface area contributed by atoms with Crippen molar-refractivity contribution >= 4 is 37.0 Å². The largest absolute Gasteiger partial charge is 0.534 e. The summed E-state index contributed by atoms with van der Waals surface area (Å²) >= 11 is 0. The van der Waals surface area contributed by atoms with Gasteiger partial charge in [-0.1, -0.05) is 42.5 Å². The van der Waals surface area contributed by atoms with Gasteiger partial charge in [0.15, 0.2) is 11.5 Å². The van der Waals surface area contributed by atoms with Crippen LogP contribution in [0.1, 0.15) is 10.4 Å². The van der Waals surface area contributed by atoms with Gasteiger partial charge < -0.3 is 13.1 Å². The van der Waals surface area contributed by atoms with Crippen LogP contribution in [0.25, 0.3) is 10.8 Å². The second kappa shape index (κ2) is 8.92. The number of rotatable bonds is 6. The molecule has 0 radical (unpaired) electrons. The number of para-hydroxylation sites is 1. The molecule has 0 heterocycles. The first kappa shape index (κ1) is 26.1. The Morgan fingerprint density at radius 2 is 1.17 bits per heavy atom. The van der Waals surface area contributed by atoms with Gasteiger partial charge in [0.05, 0.1) is 0 Å². The molecule has 0 spiro atoms. The molecular weight excluding hydrogens is 534 g/mol. The topological polar surface area (TPSA) is 113 Å². The second-order valence-electron chi connectivity index (χ2n) is 6.47. The molecule has 16 heteroatoms. The van der Waals surface area contributed by atoms with E-state index in [2.05, 4.69) is 8.37 Å². The van der Waals surface area contributed by atoms with Crippen LogP contribution in [0.4, 0.5) is 26.3 Å². The van der Waals surface area contributed by atoms with Gasteiger partial charge in [0.1, 0.15) is 11.3 Å². The molecule has 0 aromatic heterocycles. The van der Waals surface area contributed by atoms with Crippen LogP contribution in [0.5, 0.6) is 17.2 Å². The standard InChI is InChI=1S/C19H10F6O8S2/c20-18(21,22)34(27,28)32-15-10-14(17(26)31-11-6-2-1-3-7-11)16(13-9-5-4-8-12(13)15)33-35(29,30)19(23,24)25/h1-10H. The van der Waals surface area contributed by atoms with Crippen LogP contribution < -0.4 is 13.1 Å². The minimum absolute atomic E-state index is 0.194. The monoisotopic (exact) mass is 544 g/mol. The highest BCUT2D eigenvalue weighted by Gasteiger charge is 2.50. The average molecular weight is 544 g/mol. The Balaban J connectivity index is 2.29. The van der Waals surface area contributed by atoms with Crippen molar-refractivity contribution in [1.82, 2.24) is 0 Å². The molecule has 3 rings (SSSR count). The third kappa shape index (κ3) is 5.43. The zero-order valence-electron chi connectivity index (χ0n) is 16.6. The van der Waals surface area contributed by atoms with Gasteiger partial charge in [-0.15, -0.1) is 0 Å². The Kier molecular flexibility index (Phi) is 6.65. The fourth-order valence-electron chi connectivity index (χ4n) is 2.60. The molecule has 0 fully saturated rings. The van der Waals surface area contributed by atoms with Crippen LogP contribution in [0, 0.1) is 0 Å². The Morgan fingerprint density at radius 3 is 1.71 bits per heavy atom. The van der Waals surface area contributed by atoms with Crippen molar-refractivity contribution in [2.45, 2.75) is 11.0 Å². The van der Waals surface area contributed by atoms with Gasteiger partial charge in [-0.2, -0.15) is 43.2 Å². The Bertz CT molecular complexity index is 1480. The predicted octanol–water partition coefficient (Wildman–Crippen LogP) is 4.52. The summed E-state index contributed by atoms with van der Waals surface area (Å²) in [6.45, 7) is 0. The molecule has 0 saturated carbocycles. The zero-order chi connectivity index (χ0) is 26.2. The fraction of sp³-hybridized carbons (Fsp3) is 0.105. The van der Waals surface area contributed by atoms with Crippen LogP contribution in [-0.2, 0) is 20.2 Å². The Morgan fingerprint density at radius 1 is 0.686 bits per heavy atom. The van der Waals surface area contributed by atoms with Gasteiger partial charge in [0.25, 0.3) is 0 Å². The second-order valence-corrected chi connectivity index (χ2v) is 9.54. The lowest BCUT2D eigenvalue weighted by atomic mass is 10.0. The molecule has 0 N–H and O–H groups in total. The molecule has 0 bridgehead atoms. The molecule has 0 amide bonds. The summed E-state index contributed by atoms with van der Waals surface area (Å²) in [4.78, 5) is 12.7. The molecule has 0 saturated heterocycles. The van der Waals surface area contributed by atoms with Gasteiger partial charge >= 0.3 is 37.2 Å². The van der Waals surface area contributed by atoms with Crippen LogP contribution in [0.3, 0.4) is 0 Å². The first-order valence-electron chi connectivity index (χ1n) is 8.88. The van der Waals surface area contributed by atoms with E-state index in [1.807, 2.05) is 0 Å². The fourth-order valence-corrected chi connectivity index (χ4v) is 3.56. The highest BCUT2D eigenvalue weighted by molar-refractivity contribution is 7.88. The van der Waals surface area contributed by atoms with E-state index >= 15 is 0 Å². The maximum atomic E-state index is 13.0. The molecule has 3 aromatic rings. The minimum Gasteiger partial charge on any atom is -0.423 e. The number of carbonyl (C=O) groups excluding carboxylic acids is 1. The van der Waals surface area contributed by atoms with Crippen molar-refractivity contribution in [3.05, 3.63) is 66.2 Å². The van der Waals surface area contributed by atoms with Gasteiger partial charge in [-0.3, -0.25) is 0 Å². The van der Waals surface area contributed by atoms with Gasteiger partial charge in [-0.05, 0) is 12.1 Å². The number of alkyl halides is 6. The highest BCUT2D eigenvalue weighted by Crippen LogP contribution is 2.41. The number of halogens is 6. The summed E-state index contributed by atoms with van der Waals surface area (Å²) in [5, 5.41) is -1.32. The van der Waals surface area contributed by atoms with Crippen molar-refractivity contribution < 1.29 is 61.1 Å². The third-order valence-corrected chi connectivity index (χ3v) is 6.01. The molecule has 0 aliphatic rings. The van der Waals surface area contributed by atoms with Crippen molar-refractivity contribution in [2.24, 2.45) is 0 Å². The predicted molar refractivity (Wildman–Crippen MR) is 107 cm³/mol. The van der Waals surface area contributed by atoms with E-state index in [1.54, 1.807) is 0 Å². The zero-order valence-corrected chi connectivity index (χ0v) is 18.3. The summed E-state index contributed by atoms with van der Waals surface area (Å²) in [7, 11) is -12.7. The molecule has 8 nitrogen and oxygen atoms in total. The molecule has 0 aliphatic carbocycles. The normalized spacial score (nSPS) is 12.9. The molecule has 35 heavy (non-hydrogen) atoms. The molecule has 188 valence electrons. The van der Waals surface area contributed by atoms with Gasteiger partial charge in [-0.25, -0.2) is 4.79 Å². The third-order valence-electron chi connectivity index (χ3n) is 4.09.